The van der Waals surface area contributed by atoms with Crippen molar-refractivity contribution >= 4 is 29.2 Å². The van der Waals surface area contributed by atoms with Gasteiger partial charge in [-0.3, -0.25) is 9.59 Å². The van der Waals surface area contributed by atoms with Gasteiger partial charge in [0.1, 0.15) is 5.75 Å². The first-order valence-corrected chi connectivity index (χ1v) is 9.09. The van der Waals surface area contributed by atoms with E-state index in [9.17, 15) is 14.4 Å². The van der Waals surface area contributed by atoms with Crippen LogP contribution in [0.25, 0.3) is 0 Å². The van der Waals surface area contributed by atoms with E-state index in [1.54, 1.807) is 54.6 Å². The molecule has 0 radical (unpaired) electrons. The summed E-state index contributed by atoms with van der Waals surface area (Å²) in [6.07, 6.45) is 1.58. The standard InChI is InChI=1S/C21H24N4O4/c1-3-13-22-21(28)25-16-11-9-15(10-12-16)24-19(26)14-23-20(27)17-7-5-6-8-18(17)29-4-2/h3,5-12H,1,4,13-14H2,2H3,(H,23,27)(H,24,26)(H2,22,25,28). The second-order valence-corrected chi connectivity index (χ2v) is 5.86. The van der Waals surface area contributed by atoms with E-state index in [4.69, 9.17) is 4.74 Å². The first-order valence-electron chi connectivity index (χ1n) is 9.09. The van der Waals surface area contributed by atoms with Crippen molar-refractivity contribution < 1.29 is 19.1 Å². The van der Waals surface area contributed by atoms with Crippen molar-refractivity contribution in [2.75, 3.05) is 30.3 Å². The number of amides is 4. The minimum atomic E-state index is -0.394. The maximum Gasteiger partial charge on any atom is 0.319 e. The molecule has 0 atom stereocenters. The Hall–Kier alpha value is -3.81. The van der Waals surface area contributed by atoms with E-state index in [1.807, 2.05) is 6.92 Å². The number of nitrogens with one attached hydrogen (secondary N) is 4. The number of ether oxygens (including phenoxy) is 1. The Morgan fingerprint density at radius 1 is 0.966 bits per heavy atom. The Labute approximate surface area is 169 Å². The third kappa shape index (κ3) is 7.02. The molecule has 0 heterocycles. The second kappa shape index (κ2) is 11.1. The maximum absolute atomic E-state index is 12.3. The zero-order valence-corrected chi connectivity index (χ0v) is 16.2. The van der Waals surface area contributed by atoms with Gasteiger partial charge in [0.05, 0.1) is 18.7 Å². The van der Waals surface area contributed by atoms with Crippen molar-refractivity contribution in [3.8, 4) is 5.75 Å². The summed E-state index contributed by atoms with van der Waals surface area (Å²) in [4.78, 5) is 36.0. The molecule has 0 saturated heterocycles. The van der Waals surface area contributed by atoms with Crippen LogP contribution in [0.2, 0.25) is 0 Å². The van der Waals surface area contributed by atoms with Crippen molar-refractivity contribution in [1.82, 2.24) is 10.6 Å². The molecule has 0 bridgehead atoms. The average molecular weight is 396 g/mol. The van der Waals surface area contributed by atoms with Gasteiger partial charge in [0.2, 0.25) is 5.91 Å². The summed E-state index contributed by atoms with van der Waals surface area (Å²) in [6, 6.07) is 13.1. The highest BCUT2D eigenvalue weighted by atomic mass is 16.5. The van der Waals surface area contributed by atoms with Crippen LogP contribution in [-0.2, 0) is 4.79 Å². The second-order valence-electron chi connectivity index (χ2n) is 5.86. The van der Waals surface area contributed by atoms with Crippen LogP contribution in [0.1, 0.15) is 17.3 Å². The zero-order chi connectivity index (χ0) is 21.1. The van der Waals surface area contributed by atoms with Crippen molar-refractivity contribution in [1.29, 1.82) is 0 Å². The molecule has 152 valence electrons. The lowest BCUT2D eigenvalue weighted by atomic mass is 10.2. The van der Waals surface area contributed by atoms with E-state index in [0.717, 1.165) is 0 Å². The molecule has 2 aromatic carbocycles. The molecule has 8 nitrogen and oxygen atoms in total. The van der Waals surface area contributed by atoms with E-state index in [-0.39, 0.29) is 18.5 Å². The minimum Gasteiger partial charge on any atom is -0.493 e. The van der Waals surface area contributed by atoms with E-state index < -0.39 is 5.91 Å². The van der Waals surface area contributed by atoms with E-state index in [2.05, 4.69) is 27.8 Å². The lowest BCUT2D eigenvalue weighted by Gasteiger charge is -2.11. The van der Waals surface area contributed by atoms with Crippen LogP contribution in [0.3, 0.4) is 0 Å². The van der Waals surface area contributed by atoms with Crippen LogP contribution in [0.5, 0.6) is 5.75 Å². The molecule has 0 unspecified atom stereocenters. The molecule has 0 saturated carbocycles. The molecule has 2 rings (SSSR count). The van der Waals surface area contributed by atoms with Gasteiger partial charge in [0, 0.05) is 17.9 Å². The Balaban J connectivity index is 1.84. The molecular weight excluding hydrogens is 372 g/mol. The van der Waals surface area contributed by atoms with Crippen LogP contribution >= 0.6 is 0 Å². The van der Waals surface area contributed by atoms with Gasteiger partial charge >= 0.3 is 6.03 Å². The minimum absolute atomic E-state index is 0.191. The fourth-order valence-electron chi connectivity index (χ4n) is 2.37. The molecule has 4 N–H and O–H groups in total. The molecule has 0 aliphatic carbocycles. The van der Waals surface area contributed by atoms with E-state index in [0.29, 0.717) is 35.8 Å². The van der Waals surface area contributed by atoms with Crippen LogP contribution < -0.4 is 26.0 Å². The fraction of sp³-hybridized carbons (Fsp3) is 0.190. The average Bonchev–Trinajstić information content (AvgIpc) is 2.72. The predicted octanol–water partition coefficient (Wildman–Crippen LogP) is 2.76. The highest BCUT2D eigenvalue weighted by molar-refractivity contribution is 6.01. The number of anilines is 2. The van der Waals surface area contributed by atoms with Gasteiger partial charge in [-0.2, -0.15) is 0 Å². The molecule has 8 heteroatoms. The lowest BCUT2D eigenvalue weighted by molar-refractivity contribution is -0.115. The molecule has 0 fully saturated rings. The number of urea groups is 1. The molecule has 0 aromatic heterocycles. The summed E-state index contributed by atoms with van der Waals surface area (Å²) in [5, 5.41) is 10.5. The van der Waals surface area contributed by atoms with Crippen molar-refractivity contribution in [2.45, 2.75) is 6.92 Å². The van der Waals surface area contributed by atoms with Crippen molar-refractivity contribution in [2.24, 2.45) is 0 Å². The number of para-hydroxylation sites is 1. The van der Waals surface area contributed by atoms with Gasteiger partial charge in [-0.25, -0.2) is 4.79 Å². The summed E-state index contributed by atoms with van der Waals surface area (Å²) in [5.41, 5.74) is 1.48. The summed E-state index contributed by atoms with van der Waals surface area (Å²) >= 11 is 0. The topological polar surface area (TPSA) is 109 Å². The van der Waals surface area contributed by atoms with Gasteiger partial charge in [0.25, 0.3) is 5.91 Å². The number of carbonyl (C=O) groups excluding carboxylic acids is 3. The SMILES string of the molecule is C=CCNC(=O)Nc1ccc(NC(=O)CNC(=O)c2ccccc2OCC)cc1. The van der Waals surface area contributed by atoms with Crippen LogP contribution in [0.4, 0.5) is 16.2 Å². The Kier molecular flexibility index (Phi) is 8.25. The number of carbonyl (C=O) groups is 3. The number of hydrogen-bond acceptors (Lipinski definition) is 4. The highest BCUT2D eigenvalue weighted by Crippen LogP contribution is 2.17. The first kappa shape index (κ1) is 21.5. The first-order chi connectivity index (χ1) is 14.0. The van der Waals surface area contributed by atoms with Crippen LogP contribution in [0.15, 0.2) is 61.2 Å². The van der Waals surface area contributed by atoms with Gasteiger partial charge in [-0.05, 0) is 43.3 Å². The summed E-state index contributed by atoms with van der Waals surface area (Å²) in [5.74, 6) is -0.306. The highest BCUT2D eigenvalue weighted by Gasteiger charge is 2.13. The molecule has 2 aromatic rings. The molecule has 0 aliphatic heterocycles. The number of hydrogen-bond donors (Lipinski definition) is 4. The third-order valence-electron chi connectivity index (χ3n) is 3.67. The smallest absolute Gasteiger partial charge is 0.319 e. The Morgan fingerprint density at radius 2 is 1.62 bits per heavy atom. The summed E-state index contributed by atoms with van der Waals surface area (Å²) in [7, 11) is 0. The van der Waals surface area contributed by atoms with Gasteiger partial charge in [-0.1, -0.05) is 18.2 Å². The molecule has 4 amide bonds. The lowest BCUT2D eigenvalue weighted by Crippen LogP contribution is -2.33. The molecule has 0 spiro atoms. The Bertz CT molecular complexity index is 865. The Morgan fingerprint density at radius 3 is 2.28 bits per heavy atom. The normalized spacial score (nSPS) is 9.83. The van der Waals surface area contributed by atoms with Gasteiger partial charge < -0.3 is 26.0 Å². The zero-order valence-electron chi connectivity index (χ0n) is 16.2. The van der Waals surface area contributed by atoms with Gasteiger partial charge in [0.15, 0.2) is 0 Å². The van der Waals surface area contributed by atoms with Gasteiger partial charge in [-0.15, -0.1) is 6.58 Å². The third-order valence-corrected chi connectivity index (χ3v) is 3.67. The fourth-order valence-corrected chi connectivity index (χ4v) is 2.37. The number of rotatable bonds is 9. The summed E-state index contributed by atoms with van der Waals surface area (Å²) in [6.45, 7) is 5.96. The van der Waals surface area contributed by atoms with Crippen LogP contribution in [0, 0.1) is 0 Å². The molecule has 29 heavy (non-hydrogen) atoms. The maximum atomic E-state index is 12.3. The number of benzene rings is 2. The monoisotopic (exact) mass is 396 g/mol. The van der Waals surface area contributed by atoms with E-state index in [1.165, 1.54) is 0 Å². The van der Waals surface area contributed by atoms with Crippen LogP contribution in [-0.4, -0.2) is 37.5 Å². The molecular formula is C21H24N4O4. The largest absolute Gasteiger partial charge is 0.493 e. The van der Waals surface area contributed by atoms with Crippen molar-refractivity contribution in [3.05, 3.63) is 66.7 Å². The quantitative estimate of drug-likeness (QED) is 0.489. The predicted molar refractivity (Wildman–Crippen MR) is 112 cm³/mol. The van der Waals surface area contributed by atoms with Crippen molar-refractivity contribution in [3.63, 3.8) is 0 Å². The van der Waals surface area contributed by atoms with E-state index >= 15 is 0 Å². The molecule has 0 aliphatic rings. The summed E-state index contributed by atoms with van der Waals surface area (Å²) < 4.78 is 5.42.